The van der Waals surface area contributed by atoms with Gasteiger partial charge in [0, 0.05) is 50.7 Å². The lowest BCUT2D eigenvalue weighted by Crippen LogP contribution is -2.51. The van der Waals surface area contributed by atoms with Gasteiger partial charge in [-0.05, 0) is 49.8 Å². The molecule has 172 valence electrons. The largest absolute Gasteiger partial charge is 0.373 e. The lowest BCUT2D eigenvalue weighted by Gasteiger charge is -2.38. The van der Waals surface area contributed by atoms with Crippen LogP contribution in [0.25, 0.3) is 0 Å². The molecule has 0 spiro atoms. The van der Waals surface area contributed by atoms with E-state index >= 15 is 0 Å². The first kappa shape index (κ1) is 23.7. The van der Waals surface area contributed by atoms with Crippen LogP contribution < -0.4 is 5.32 Å². The first-order valence-corrected chi connectivity index (χ1v) is 11.7. The molecule has 2 aliphatic heterocycles. The number of morpholine rings is 1. The molecule has 0 bridgehead atoms. The lowest BCUT2D eigenvalue weighted by atomic mass is 9.87. The van der Waals surface area contributed by atoms with Gasteiger partial charge < -0.3 is 15.0 Å². The molecule has 3 rings (SSSR count). The molecule has 6 heteroatoms. The predicted octanol–water partition coefficient (Wildman–Crippen LogP) is 3.20. The first-order valence-electron chi connectivity index (χ1n) is 11.7. The summed E-state index contributed by atoms with van der Waals surface area (Å²) >= 11 is 0. The highest BCUT2D eigenvalue weighted by Gasteiger charge is 2.32. The number of carbonyl (C=O) groups excluding carboxylic acids is 2. The summed E-state index contributed by atoms with van der Waals surface area (Å²) in [5.74, 6) is 0.0164. The van der Waals surface area contributed by atoms with E-state index in [4.69, 9.17) is 4.74 Å². The molecule has 0 aromatic heterocycles. The number of amides is 2. The topological polar surface area (TPSA) is 61.9 Å². The zero-order valence-corrected chi connectivity index (χ0v) is 19.8. The van der Waals surface area contributed by atoms with E-state index in [1.165, 1.54) is 5.56 Å². The zero-order valence-electron chi connectivity index (χ0n) is 19.8. The Kier molecular flexibility index (Phi) is 7.76. The molecule has 1 N–H and O–H groups in total. The van der Waals surface area contributed by atoms with Crippen molar-refractivity contribution in [3.63, 3.8) is 0 Å². The fourth-order valence-corrected chi connectivity index (χ4v) is 4.74. The van der Waals surface area contributed by atoms with Crippen molar-refractivity contribution in [1.29, 1.82) is 0 Å². The Morgan fingerprint density at radius 3 is 2.35 bits per heavy atom. The second kappa shape index (κ2) is 10.1. The van der Waals surface area contributed by atoms with Gasteiger partial charge >= 0.3 is 0 Å². The number of hydrogen-bond acceptors (Lipinski definition) is 4. The van der Waals surface area contributed by atoms with Crippen LogP contribution in [0.1, 0.15) is 69.8 Å². The Labute approximate surface area is 187 Å². The lowest BCUT2D eigenvalue weighted by molar-refractivity contribution is -0.132. The summed E-state index contributed by atoms with van der Waals surface area (Å²) in [6.07, 6.45) is 2.93. The highest BCUT2D eigenvalue weighted by molar-refractivity contribution is 5.94. The van der Waals surface area contributed by atoms with Crippen LogP contribution in [-0.4, -0.2) is 72.6 Å². The maximum absolute atomic E-state index is 12.8. The van der Waals surface area contributed by atoms with Crippen molar-refractivity contribution in [2.24, 2.45) is 0 Å². The van der Waals surface area contributed by atoms with E-state index in [0.29, 0.717) is 18.5 Å². The average molecular weight is 430 g/mol. The molecular formula is C25H39N3O3. The Hall–Kier alpha value is -1.92. The summed E-state index contributed by atoms with van der Waals surface area (Å²) in [5.41, 5.74) is 1.89. The Morgan fingerprint density at radius 1 is 1.10 bits per heavy atom. The van der Waals surface area contributed by atoms with Crippen LogP contribution >= 0.6 is 0 Å². The Bertz CT molecular complexity index is 746. The van der Waals surface area contributed by atoms with Crippen molar-refractivity contribution in [3.8, 4) is 0 Å². The molecule has 3 unspecified atom stereocenters. The van der Waals surface area contributed by atoms with Gasteiger partial charge in [-0.25, -0.2) is 0 Å². The van der Waals surface area contributed by atoms with Crippen molar-refractivity contribution >= 4 is 11.8 Å². The normalized spacial score (nSPS) is 24.9. The van der Waals surface area contributed by atoms with Crippen LogP contribution in [0.2, 0.25) is 0 Å². The molecule has 1 aromatic carbocycles. The summed E-state index contributed by atoms with van der Waals surface area (Å²) in [4.78, 5) is 29.7. The summed E-state index contributed by atoms with van der Waals surface area (Å²) < 4.78 is 5.83. The highest BCUT2D eigenvalue weighted by Crippen LogP contribution is 2.23. The fraction of sp³-hybridized carbons (Fsp3) is 0.680. The van der Waals surface area contributed by atoms with Crippen molar-refractivity contribution in [2.45, 2.75) is 77.5 Å². The SMILES string of the molecule is CC1CN(CC2CCCN2C(=O)CCNC(=O)c2ccc(C(C)(C)C)cc2)CC(C)O1. The molecule has 0 aliphatic carbocycles. The molecular weight excluding hydrogens is 390 g/mol. The van der Waals surface area contributed by atoms with Gasteiger partial charge in [0.2, 0.25) is 5.91 Å². The minimum absolute atomic E-state index is 0.0605. The van der Waals surface area contributed by atoms with Crippen LogP contribution in [-0.2, 0) is 14.9 Å². The molecule has 2 amide bonds. The van der Waals surface area contributed by atoms with Crippen LogP contribution in [0.5, 0.6) is 0 Å². The molecule has 2 fully saturated rings. The van der Waals surface area contributed by atoms with Gasteiger partial charge in [-0.1, -0.05) is 32.9 Å². The standard InChI is InChI=1S/C25H39N3O3/c1-18-15-27(16-19(2)31-18)17-22-7-6-14-28(22)23(29)12-13-26-24(30)20-8-10-21(11-9-20)25(3,4)5/h8-11,18-19,22H,6-7,12-17H2,1-5H3,(H,26,30). The van der Waals surface area contributed by atoms with E-state index in [1.807, 2.05) is 29.2 Å². The molecule has 2 aliphatic rings. The van der Waals surface area contributed by atoms with E-state index in [0.717, 1.165) is 39.0 Å². The molecule has 1 aromatic rings. The summed E-state index contributed by atoms with van der Waals surface area (Å²) in [7, 11) is 0. The molecule has 31 heavy (non-hydrogen) atoms. The average Bonchev–Trinajstić information content (AvgIpc) is 3.14. The second-order valence-electron chi connectivity index (χ2n) is 10.2. The van der Waals surface area contributed by atoms with Crippen LogP contribution in [0.15, 0.2) is 24.3 Å². The monoisotopic (exact) mass is 429 g/mol. The number of ether oxygens (including phenoxy) is 1. The van der Waals surface area contributed by atoms with E-state index in [9.17, 15) is 9.59 Å². The molecule has 3 atom stereocenters. The first-order chi connectivity index (χ1) is 14.6. The van der Waals surface area contributed by atoms with E-state index in [2.05, 4.69) is 44.8 Å². The molecule has 2 saturated heterocycles. The minimum atomic E-state index is -0.123. The number of benzene rings is 1. The van der Waals surface area contributed by atoms with Gasteiger partial charge in [0.15, 0.2) is 0 Å². The van der Waals surface area contributed by atoms with Gasteiger partial charge in [0.25, 0.3) is 5.91 Å². The van der Waals surface area contributed by atoms with E-state index < -0.39 is 0 Å². The van der Waals surface area contributed by atoms with Crippen molar-refractivity contribution in [3.05, 3.63) is 35.4 Å². The van der Waals surface area contributed by atoms with E-state index in [1.54, 1.807) is 0 Å². The minimum Gasteiger partial charge on any atom is -0.373 e. The van der Waals surface area contributed by atoms with Crippen molar-refractivity contribution < 1.29 is 14.3 Å². The Balaban J connectivity index is 1.45. The van der Waals surface area contributed by atoms with Crippen molar-refractivity contribution in [2.75, 3.05) is 32.7 Å². The van der Waals surface area contributed by atoms with Gasteiger partial charge in [0.1, 0.15) is 0 Å². The number of nitrogens with one attached hydrogen (secondary N) is 1. The third-order valence-corrected chi connectivity index (χ3v) is 6.30. The van der Waals surface area contributed by atoms with Gasteiger partial charge in [-0.3, -0.25) is 14.5 Å². The van der Waals surface area contributed by atoms with Crippen LogP contribution in [0.3, 0.4) is 0 Å². The molecule has 6 nitrogen and oxygen atoms in total. The maximum atomic E-state index is 12.8. The highest BCUT2D eigenvalue weighted by atomic mass is 16.5. The van der Waals surface area contributed by atoms with Crippen LogP contribution in [0, 0.1) is 0 Å². The summed E-state index contributed by atoms with van der Waals surface area (Å²) in [6.45, 7) is 14.6. The smallest absolute Gasteiger partial charge is 0.251 e. The van der Waals surface area contributed by atoms with Gasteiger partial charge in [-0.15, -0.1) is 0 Å². The summed E-state index contributed by atoms with van der Waals surface area (Å²) in [6, 6.07) is 7.99. The fourth-order valence-electron chi connectivity index (χ4n) is 4.74. The third-order valence-electron chi connectivity index (χ3n) is 6.30. The Morgan fingerprint density at radius 2 is 1.74 bits per heavy atom. The number of carbonyl (C=O) groups is 2. The predicted molar refractivity (Wildman–Crippen MR) is 123 cm³/mol. The number of hydrogen-bond donors (Lipinski definition) is 1. The summed E-state index contributed by atoms with van der Waals surface area (Å²) in [5, 5.41) is 2.91. The number of likely N-dealkylation sites (tertiary alicyclic amines) is 1. The zero-order chi connectivity index (χ0) is 22.6. The third kappa shape index (κ3) is 6.53. The number of nitrogens with zero attached hydrogens (tertiary/aromatic N) is 2. The van der Waals surface area contributed by atoms with E-state index in [-0.39, 0.29) is 35.5 Å². The maximum Gasteiger partial charge on any atom is 0.251 e. The van der Waals surface area contributed by atoms with Crippen molar-refractivity contribution in [1.82, 2.24) is 15.1 Å². The van der Waals surface area contributed by atoms with Crippen LogP contribution in [0.4, 0.5) is 0 Å². The molecule has 2 heterocycles. The van der Waals surface area contributed by atoms with Gasteiger partial charge in [0.05, 0.1) is 12.2 Å². The quantitative estimate of drug-likeness (QED) is 0.754. The second-order valence-corrected chi connectivity index (χ2v) is 10.2. The molecule has 0 radical (unpaired) electrons. The number of rotatable bonds is 6. The molecule has 0 saturated carbocycles. The van der Waals surface area contributed by atoms with Gasteiger partial charge in [-0.2, -0.15) is 0 Å².